The molecule has 1 heterocycles. The number of aryl methyl sites for hydroxylation is 1. The lowest BCUT2D eigenvalue weighted by molar-refractivity contribution is 0.0696. The summed E-state index contributed by atoms with van der Waals surface area (Å²) in [6.07, 6.45) is 0. The van der Waals surface area contributed by atoms with E-state index in [4.69, 9.17) is 21.2 Å². The Bertz CT molecular complexity index is 651. The van der Waals surface area contributed by atoms with Crippen molar-refractivity contribution in [2.75, 3.05) is 5.32 Å². The van der Waals surface area contributed by atoms with Crippen LogP contribution in [0.1, 0.15) is 26.6 Å². The van der Waals surface area contributed by atoms with Crippen LogP contribution in [-0.4, -0.2) is 22.1 Å². The first kappa shape index (κ1) is 13.1. The van der Waals surface area contributed by atoms with Gasteiger partial charge in [0, 0.05) is 6.07 Å². The number of anilines is 1. The van der Waals surface area contributed by atoms with E-state index in [9.17, 15) is 9.59 Å². The van der Waals surface area contributed by atoms with Crippen LogP contribution in [0.5, 0.6) is 0 Å². The zero-order chi connectivity index (χ0) is 14.0. The van der Waals surface area contributed by atoms with Gasteiger partial charge < -0.3 is 14.9 Å². The molecule has 1 aromatic carbocycles. The van der Waals surface area contributed by atoms with E-state index < -0.39 is 11.9 Å². The van der Waals surface area contributed by atoms with Gasteiger partial charge in [-0.25, -0.2) is 4.79 Å². The molecule has 2 N–H and O–H groups in total. The number of carbonyl (C=O) groups excluding carboxylic acids is 1. The van der Waals surface area contributed by atoms with Crippen LogP contribution in [0, 0.1) is 6.92 Å². The highest BCUT2D eigenvalue weighted by molar-refractivity contribution is 6.34. The quantitative estimate of drug-likeness (QED) is 0.901. The first-order chi connectivity index (χ1) is 8.97. The molecule has 0 aliphatic heterocycles. The zero-order valence-electron chi connectivity index (χ0n) is 9.81. The maximum absolute atomic E-state index is 11.8. The third kappa shape index (κ3) is 2.92. The zero-order valence-corrected chi connectivity index (χ0v) is 10.6. The lowest BCUT2D eigenvalue weighted by Crippen LogP contribution is -2.12. The largest absolute Gasteiger partial charge is 0.478 e. The van der Waals surface area contributed by atoms with Crippen molar-refractivity contribution >= 4 is 29.2 Å². The van der Waals surface area contributed by atoms with Crippen molar-refractivity contribution < 1.29 is 19.2 Å². The van der Waals surface area contributed by atoms with E-state index >= 15 is 0 Å². The highest BCUT2D eigenvalue weighted by Crippen LogP contribution is 2.23. The number of aromatic carboxylic acids is 1. The summed E-state index contributed by atoms with van der Waals surface area (Å²) in [7, 11) is 0. The lowest BCUT2D eigenvalue weighted by atomic mass is 10.2. The molecule has 0 saturated heterocycles. The number of nitrogens with one attached hydrogen (secondary N) is 1. The summed E-state index contributed by atoms with van der Waals surface area (Å²) in [6, 6.07) is 5.47. The molecule has 0 bridgehead atoms. The van der Waals surface area contributed by atoms with Crippen LogP contribution in [0.4, 0.5) is 5.69 Å². The number of hydrogen-bond acceptors (Lipinski definition) is 4. The summed E-state index contributed by atoms with van der Waals surface area (Å²) in [5.41, 5.74) is 0.782. The van der Waals surface area contributed by atoms with Crippen LogP contribution < -0.4 is 5.32 Å². The maximum Gasteiger partial charge on any atom is 0.335 e. The molecule has 0 fully saturated rings. The summed E-state index contributed by atoms with van der Waals surface area (Å²) >= 11 is 5.88. The van der Waals surface area contributed by atoms with Crippen molar-refractivity contribution in [2.24, 2.45) is 0 Å². The van der Waals surface area contributed by atoms with Crippen molar-refractivity contribution in [3.8, 4) is 0 Å². The van der Waals surface area contributed by atoms with E-state index in [-0.39, 0.29) is 22.0 Å². The number of nitrogens with zero attached hydrogens (tertiary/aromatic N) is 1. The minimum Gasteiger partial charge on any atom is -0.478 e. The molecule has 2 aromatic rings. The van der Waals surface area contributed by atoms with Gasteiger partial charge in [0.1, 0.15) is 0 Å². The van der Waals surface area contributed by atoms with Gasteiger partial charge in [-0.05, 0) is 25.1 Å². The maximum atomic E-state index is 11.8. The Kier molecular flexibility index (Phi) is 3.52. The number of hydrogen-bond donors (Lipinski definition) is 2. The third-order valence-corrected chi connectivity index (χ3v) is 2.64. The summed E-state index contributed by atoms with van der Waals surface area (Å²) < 4.78 is 4.79. The molecule has 6 nitrogen and oxygen atoms in total. The average molecular weight is 281 g/mol. The van der Waals surface area contributed by atoms with Gasteiger partial charge >= 0.3 is 5.97 Å². The molecule has 98 valence electrons. The normalized spacial score (nSPS) is 10.2. The molecule has 0 spiro atoms. The first-order valence-electron chi connectivity index (χ1n) is 5.25. The van der Waals surface area contributed by atoms with Gasteiger partial charge in [0.25, 0.3) is 5.91 Å². The van der Waals surface area contributed by atoms with Crippen molar-refractivity contribution in [3.63, 3.8) is 0 Å². The number of carboxylic acids is 1. The van der Waals surface area contributed by atoms with Crippen LogP contribution in [0.2, 0.25) is 5.02 Å². The van der Waals surface area contributed by atoms with Gasteiger partial charge in [-0.3, -0.25) is 4.79 Å². The van der Waals surface area contributed by atoms with Crippen molar-refractivity contribution in [2.45, 2.75) is 6.92 Å². The van der Waals surface area contributed by atoms with Crippen molar-refractivity contribution in [3.05, 3.63) is 46.3 Å². The molecule has 0 saturated carbocycles. The topological polar surface area (TPSA) is 92.4 Å². The number of rotatable bonds is 3. The first-order valence-corrected chi connectivity index (χ1v) is 5.62. The molecule has 0 aliphatic carbocycles. The highest BCUT2D eigenvalue weighted by atomic mass is 35.5. The van der Waals surface area contributed by atoms with E-state index in [1.54, 1.807) is 6.92 Å². The van der Waals surface area contributed by atoms with Crippen LogP contribution in [0.3, 0.4) is 0 Å². The molecule has 0 unspecified atom stereocenters. The number of aromatic nitrogens is 1. The predicted octanol–water partition coefficient (Wildman–Crippen LogP) is 2.59. The van der Waals surface area contributed by atoms with Crippen molar-refractivity contribution in [1.29, 1.82) is 0 Å². The fourth-order valence-electron chi connectivity index (χ4n) is 1.41. The number of halogens is 1. The Morgan fingerprint density at radius 1 is 1.37 bits per heavy atom. The smallest absolute Gasteiger partial charge is 0.335 e. The minimum atomic E-state index is -1.11. The number of benzene rings is 1. The molecule has 0 atom stereocenters. The van der Waals surface area contributed by atoms with E-state index in [0.717, 1.165) is 0 Å². The second-order valence-electron chi connectivity index (χ2n) is 3.79. The van der Waals surface area contributed by atoms with Crippen LogP contribution in [-0.2, 0) is 0 Å². The molecular formula is C12H9ClN2O4. The van der Waals surface area contributed by atoms with Crippen LogP contribution in [0.25, 0.3) is 0 Å². The molecular weight excluding hydrogens is 272 g/mol. The van der Waals surface area contributed by atoms with E-state index in [1.807, 2.05) is 0 Å². The molecule has 7 heteroatoms. The SMILES string of the molecule is Cc1cc(C(=O)Nc2cc(C(=O)O)ccc2Cl)on1. The summed E-state index contributed by atoms with van der Waals surface area (Å²) in [5, 5.41) is 15.2. The Morgan fingerprint density at radius 3 is 2.68 bits per heavy atom. The fourth-order valence-corrected chi connectivity index (χ4v) is 1.57. The van der Waals surface area contributed by atoms with E-state index in [2.05, 4.69) is 10.5 Å². The number of amides is 1. The van der Waals surface area contributed by atoms with E-state index in [0.29, 0.717) is 5.69 Å². The molecule has 1 amide bonds. The molecule has 0 aliphatic rings. The molecule has 19 heavy (non-hydrogen) atoms. The Morgan fingerprint density at radius 2 is 2.11 bits per heavy atom. The standard InChI is InChI=1S/C12H9ClN2O4/c1-6-4-10(19-15-6)11(16)14-9-5-7(12(17)18)2-3-8(9)13/h2-5H,1H3,(H,14,16)(H,17,18). The Labute approximate surface area is 113 Å². The number of carbonyl (C=O) groups is 2. The third-order valence-electron chi connectivity index (χ3n) is 2.31. The van der Waals surface area contributed by atoms with Crippen LogP contribution in [0.15, 0.2) is 28.8 Å². The molecule has 1 aromatic heterocycles. The van der Waals surface area contributed by atoms with Gasteiger partial charge in [0.05, 0.1) is 22.0 Å². The van der Waals surface area contributed by atoms with Gasteiger partial charge in [0.15, 0.2) is 0 Å². The summed E-state index contributed by atoms with van der Waals surface area (Å²) in [4.78, 5) is 22.6. The van der Waals surface area contributed by atoms with Crippen molar-refractivity contribution in [1.82, 2.24) is 5.16 Å². The summed E-state index contributed by atoms with van der Waals surface area (Å²) in [5.74, 6) is -1.64. The Hall–Kier alpha value is -2.34. The Balaban J connectivity index is 2.25. The van der Waals surface area contributed by atoms with Gasteiger partial charge in [-0.1, -0.05) is 16.8 Å². The van der Waals surface area contributed by atoms with Gasteiger partial charge in [-0.2, -0.15) is 0 Å². The monoisotopic (exact) mass is 280 g/mol. The molecule has 2 rings (SSSR count). The molecule has 0 radical (unpaired) electrons. The predicted molar refractivity (Wildman–Crippen MR) is 67.6 cm³/mol. The minimum absolute atomic E-state index is 0.0217. The lowest BCUT2D eigenvalue weighted by Gasteiger charge is -2.06. The average Bonchev–Trinajstić information content (AvgIpc) is 2.78. The second-order valence-corrected chi connectivity index (χ2v) is 4.19. The van der Waals surface area contributed by atoms with Crippen LogP contribution >= 0.6 is 11.6 Å². The van der Waals surface area contributed by atoms with E-state index in [1.165, 1.54) is 24.3 Å². The van der Waals surface area contributed by atoms with Gasteiger partial charge in [0.2, 0.25) is 5.76 Å². The fraction of sp³-hybridized carbons (Fsp3) is 0.0833. The van der Waals surface area contributed by atoms with Gasteiger partial charge in [-0.15, -0.1) is 0 Å². The summed E-state index contributed by atoms with van der Waals surface area (Å²) in [6.45, 7) is 1.68. The highest BCUT2D eigenvalue weighted by Gasteiger charge is 2.14. The number of carboxylic acid groups (broad SMARTS) is 1. The second kappa shape index (κ2) is 5.11.